The number of ether oxygens (including phenoxy) is 1. The van der Waals surface area contributed by atoms with E-state index in [1.807, 2.05) is 43.3 Å². The number of nitrogens with zero attached hydrogens (tertiary/aromatic N) is 3. The van der Waals surface area contributed by atoms with Crippen LogP contribution in [0.4, 0.5) is 0 Å². The van der Waals surface area contributed by atoms with Crippen LogP contribution >= 0.6 is 43.6 Å². The molecule has 0 amide bonds. The van der Waals surface area contributed by atoms with Gasteiger partial charge in [0.15, 0.2) is 17.1 Å². The van der Waals surface area contributed by atoms with Crippen LogP contribution in [0.25, 0.3) is 0 Å². The molecule has 1 aromatic heterocycles. The molecule has 0 aliphatic rings. The van der Waals surface area contributed by atoms with Gasteiger partial charge in [0.1, 0.15) is 5.75 Å². The van der Waals surface area contributed by atoms with Gasteiger partial charge in [0, 0.05) is 21.2 Å². The standard InChI is InChI=1S/C19H19Br2N3OS/c1-3-24-18(13(2)25-17-9-7-15(20)8-10-17)22-23-19(24)26-12-14-5-4-6-16(21)11-14/h4-11,13H,3,12H2,1-2H3. The fraction of sp³-hybridized carbons (Fsp3) is 0.263. The Morgan fingerprint density at radius 1 is 1.08 bits per heavy atom. The molecule has 0 bridgehead atoms. The van der Waals surface area contributed by atoms with Gasteiger partial charge in [-0.05, 0) is 55.8 Å². The molecule has 0 aliphatic carbocycles. The highest BCUT2D eigenvalue weighted by molar-refractivity contribution is 9.10. The van der Waals surface area contributed by atoms with Crippen LogP contribution in [0.15, 0.2) is 62.6 Å². The summed E-state index contributed by atoms with van der Waals surface area (Å²) in [6, 6.07) is 16.1. The first-order valence-corrected chi connectivity index (χ1v) is 10.9. The first-order chi connectivity index (χ1) is 12.6. The summed E-state index contributed by atoms with van der Waals surface area (Å²) in [5.41, 5.74) is 1.25. The van der Waals surface area contributed by atoms with E-state index in [1.165, 1.54) is 5.56 Å². The fourth-order valence-corrected chi connectivity index (χ4v) is 4.21. The summed E-state index contributed by atoms with van der Waals surface area (Å²) in [5, 5.41) is 9.67. The maximum atomic E-state index is 6.03. The predicted octanol–water partition coefficient (Wildman–Crippen LogP) is 6.26. The quantitative estimate of drug-likeness (QED) is 0.362. The number of hydrogen-bond acceptors (Lipinski definition) is 4. The van der Waals surface area contributed by atoms with Crippen LogP contribution in [0.1, 0.15) is 31.3 Å². The third kappa shape index (κ3) is 4.90. The molecule has 2 aromatic carbocycles. The van der Waals surface area contributed by atoms with E-state index in [4.69, 9.17) is 4.74 Å². The number of halogens is 2. The van der Waals surface area contributed by atoms with Crippen molar-refractivity contribution < 1.29 is 4.74 Å². The van der Waals surface area contributed by atoms with Gasteiger partial charge in [0.05, 0.1) is 0 Å². The summed E-state index contributed by atoms with van der Waals surface area (Å²) in [6.07, 6.45) is -0.177. The predicted molar refractivity (Wildman–Crippen MR) is 113 cm³/mol. The number of benzene rings is 2. The van der Waals surface area contributed by atoms with Crippen LogP contribution in [0.3, 0.4) is 0 Å². The highest BCUT2D eigenvalue weighted by Crippen LogP contribution is 2.27. The minimum atomic E-state index is -0.177. The average molecular weight is 497 g/mol. The minimum absolute atomic E-state index is 0.177. The summed E-state index contributed by atoms with van der Waals surface area (Å²) in [7, 11) is 0. The molecule has 0 spiro atoms. The van der Waals surface area contributed by atoms with Gasteiger partial charge in [0.25, 0.3) is 0 Å². The second-order valence-corrected chi connectivity index (χ2v) is 8.49. The Hall–Kier alpha value is -1.31. The number of aromatic nitrogens is 3. The van der Waals surface area contributed by atoms with E-state index in [0.717, 1.165) is 38.0 Å². The Bertz CT molecular complexity index is 867. The third-order valence-electron chi connectivity index (χ3n) is 3.81. The zero-order valence-corrected chi connectivity index (χ0v) is 18.5. The van der Waals surface area contributed by atoms with Crippen molar-refractivity contribution in [2.75, 3.05) is 0 Å². The molecular formula is C19H19Br2N3OS. The van der Waals surface area contributed by atoms with Crippen molar-refractivity contribution in [3.63, 3.8) is 0 Å². The van der Waals surface area contributed by atoms with Crippen molar-refractivity contribution >= 4 is 43.6 Å². The number of rotatable bonds is 7. The first kappa shape index (κ1) is 19.5. The van der Waals surface area contributed by atoms with E-state index < -0.39 is 0 Å². The molecule has 136 valence electrons. The lowest BCUT2D eigenvalue weighted by Gasteiger charge is -2.15. The summed E-state index contributed by atoms with van der Waals surface area (Å²) in [4.78, 5) is 0. The molecule has 0 saturated heterocycles. The van der Waals surface area contributed by atoms with E-state index in [1.54, 1.807) is 11.8 Å². The summed E-state index contributed by atoms with van der Waals surface area (Å²) in [6.45, 7) is 4.90. The first-order valence-electron chi connectivity index (χ1n) is 8.29. The summed E-state index contributed by atoms with van der Waals surface area (Å²) in [5.74, 6) is 2.50. The van der Waals surface area contributed by atoms with E-state index >= 15 is 0 Å². The van der Waals surface area contributed by atoms with Crippen molar-refractivity contribution in [1.82, 2.24) is 14.8 Å². The van der Waals surface area contributed by atoms with Gasteiger partial charge >= 0.3 is 0 Å². The van der Waals surface area contributed by atoms with Crippen molar-refractivity contribution in [2.24, 2.45) is 0 Å². The molecule has 0 aliphatic heterocycles. The Morgan fingerprint density at radius 3 is 2.54 bits per heavy atom. The molecule has 0 N–H and O–H groups in total. The van der Waals surface area contributed by atoms with E-state index in [2.05, 4.69) is 65.7 Å². The normalized spacial score (nSPS) is 12.2. The molecule has 0 radical (unpaired) electrons. The topological polar surface area (TPSA) is 39.9 Å². The molecule has 3 aromatic rings. The lowest BCUT2D eigenvalue weighted by Crippen LogP contribution is -2.11. The highest BCUT2D eigenvalue weighted by Gasteiger charge is 2.18. The summed E-state index contributed by atoms with van der Waals surface area (Å²) >= 11 is 8.64. The molecule has 0 saturated carbocycles. The lowest BCUT2D eigenvalue weighted by molar-refractivity contribution is 0.210. The Morgan fingerprint density at radius 2 is 1.85 bits per heavy atom. The maximum absolute atomic E-state index is 6.03. The van der Waals surface area contributed by atoms with Crippen molar-refractivity contribution in [3.05, 3.63) is 68.9 Å². The Kier molecular flexibility index (Phi) is 6.78. The van der Waals surface area contributed by atoms with Crippen LogP contribution in [-0.2, 0) is 12.3 Å². The molecule has 26 heavy (non-hydrogen) atoms. The highest BCUT2D eigenvalue weighted by atomic mass is 79.9. The third-order valence-corrected chi connectivity index (χ3v) is 5.87. The fourth-order valence-electron chi connectivity index (χ4n) is 2.55. The maximum Gasteiger partial charge on any atom is 0.191 e. The zero-order valence-electron chi connectivity index (χ0n) is 14.5. The Balaban J connectivity index is 1.71. The van der Waals surface area contributed by atoms with Crippen LogP contribution in [0.5, 0.6) is 5.75 Å². The van der Waals surface area contributed by atoms with E-state index in [0.29, 0.717) is 0 Å². The molecule has 4 nitrogen and oxygen atoms in total. The molecule has 1 heterocycles. The van der Waals surface area contributed by atoms with Crippen LogP contribution in [0.2, 0.25) is 0 Å². The van der Waals surface area contributed by atoms with Crippen molar-refractivity contribution in [3.8, 4) is 5.75 Å². The van der Waals surface area contributed by atoms with Crippen LogP contribution in [0, 0.1) is 0 Å². The molecule has 7 heteroatoms. The Labute approximate surface area is 174 Å². The second kappa shape index (κ2) is 9.06. The van der Waals surface area contributed by atoms with Crippen molar-refractivity contribution in [1.29, 1.82) is 0 Å². The number of thioether (sulfide) groups is 1. The van der Waals surface area contributed by atoms with Crippen LogP contribution < -0.4 is 4.74 Å². The smallest absolute Gasteiger partial charge is 0.191 e. The molecule has 1 unspecified atom stereocenters. The SMILES string of the molecule is CCn1c(SCc2cccc(Br)c2)nnc1C(C)Oc1ccc(Br)cc1. The minimum Gasteiger partial charge on any atom is -0.483 e. The molecule has 3 rings (SSSR count). The monoisotopic (exact) mass is 495 g/mol. The lowest BCUT2D eigenvalue weighted by atomic mass is 10.2. The van der Waals surface area contributed by atoms with Gasteiger partial charge in [-0.3, -0.25) is 0 Å². The summed E-state index contributed by atoms with van der Waals surface area (Å²) < 4.78 is 10.3. The van der Waals surface area contributed by atoms with Crippen molar-refractivity contribution in [2.45, 2.75) is 37.4 Å². The zero-order chi connectivity index (χ0) is 18.5. The van der Waals surface area contributed by atoms with Gasteiger partial charge < -0.3 is 9.30 Å². The molecular weight excluding hydrogens is 478 g/mol. The van der Waals surface area contributed by atoms with Gasteiger partial charge in [-0.15, -0.1) is 10.2 Å². The average Bonchev–Trinajstić information content (AvgIpc) is 3.05. The van der Waals surface area contributed by atoms with E-state index in [9.17, 15) is 0 Å². The van der Waals surface area contributed by atoms with Gasteiger partial charge in [0.2, 0.25) is 0 Å². The number of hydrogen-bond donors (Lipinski definition) is 0. The van der Waals surface area contributed by atoms with E-state index in [-0.39, 0.29) is 6.10 Å². The molecule has 1 atom stereocenters. The van der Waals surface area contributed by atoms with Gasteiger partial charge in [-0.2, -0.15) is 0 Å². The largest absolute Gasteiger partial charge is 0.483 e. The molecule has 0 fully saturated rings. The van der Waals surface area contributed by atoms with Crippen LogP contribution in [-0.4, -0.2) is 14.8 Å². The van der Waals surface area contributed by atoms with Gasteiger partial charge in [-0.1, -0.05) is 55.8 Å². The second-order valence-electron chi connectivity index (χ2n) is 5.72. The van der Waals surface area contributed by atoms with Gasteiger partial charge in [-0.25, -0.2) is 0 Å².